The van der Waals surface area contributed by atoms with E-state index in [0.717, 1.165) is 30.5 Å². The molecule has 0 aliphatic heterocycles. The summed E-state index contributed by atoms with van der Waals surface area (Å²) in [6, 6.07) is 16.1. The van der Waals surface area contributed by atoms with Crippen LogP contribution < -0.4 is 10.0 Å². The Bertz CT molecular complexity index is 1170. The third-order valence-corrected chi connectivity index (χ3v) is 7.03. The Morgan fingerprint density at radius 3 is 2.74 bits per heavy atom. The van der Waals surface area contributed by atoms with Gasteiger partial charge in [-0.3, -0.25) is 9.48 Å². The molecule has 1 atom stereocenters. The molecule has 8 heteroatoms. The molecule has 3 aromatic rings. The van der Waals surface area contributed by atoms with Gasteiger partial charge < -0.3 is 5.32 Å². The highest BCUT2D eigenvalue weighted by molar-refractivity contribution is 7.89. The second-order valence-corrected chi connectivity index (χ2v) is 9.40. The monoisotopic (exact) mass is 438 g/mol. The molecule has 0 radical (unpaired) electrons. The van der Waals surface area contributed by atoms with Crippen molar-refractivity contribution in [2.24, 2.45) is 0 Å². The zero-order valence-electron chi connectivity index (χ0n) is 17.4. The number of benzene rings is 2. The van der Waals surface area contributed by atoms with E-state index in [-0.39, 0.29) is 23.4 Å². The topological polar surface area (TPSA) is 93.1 Å². The number of nitrogens with zero attached hydrogens (tertiary/aromatic N) is 2. The van der Waals surface area contributed by atoms with Crippen LogP contribution in [0.15, 0.2) is 65.7 Å². The van der Waals surface area contributed by atoms with E-state index in [0.29, 0.717) is 12.1 Å². The SMILES string of the molecule is CCNS(=O)(=O)c1cccc(C(=O)NC2CCCc3c2cnn3Cc2ccccc2)c1. The maximum atomic E-state index is 12.9. The Morgan fingerprint density at radius 1 is 1.16 bits per heavy atom. The quantitative estimate of drug-likeness (QED) is 0.593. The van der Waals surface area contributed by atoms with Gasteiger partial charge in [0.15, 0.2) is 0 Å². The third-order valence-electron chi connectivity index (χ3n) is 5.48. The molecule has 31 heavy (non-hydrogen) atoms. The van der Waals surface area contributed by atoms with Crippen LogP contribution >= 0.6 is 0 Å². The van der Waals surface area contributed by atoms with Crippen LogP contribution in [0.5, 0.6) is 0 Å². The number of hydrogen-bond acceptors (Lipinski definition) is 4. The fourth-order valence-corrected chi connectivity index (χ4v) is 5.07. The van der Waals surface area contributed by atoms with E-state index >= 15 is 0 Å². The molecule has 1 aliphatic rings. The van der Waals surface area contributed by atoms with Crippen LogP contribution in [0.2, 0.25) is 0 Å². The van der Waals surface area contributed by atoms with E-state index in [1.807, 2.05) is 29.1 Å². The molecule has 7 nitrogen and oxygen atoms in total. The van der Waals surface area contributed by atoms with Crippen LogP contribution in [0.25, 0.3) is 0 Å². The number of hydrogen-bond donors (Lipinski definition) is 2. The number of nitrogens with one attached hydrogen (secondary N) is 2. The van der Waals surface area contributed by atoms with Gasteiger partial charge in [0.25, 0.3) is 5.91 Å². The summed E-state index contributed by atoms with van der Waals surface area (Å²) >= 11 is 0. The van der Waals surface area contributed by atoms with Crippen molar-refractivity contribution in [2.75, 3.05) is 6.54 Å². The van der Waals surface area contributed by atoms with Crippen molar-refractivity contribution in [3.8, 4) is 0 Å². The largest absolute Gasteiger partial charge is 0.345 e. The van der Waals surface area contributed by atoms with Gasteiger partial charge in [0.05, 0.1) is 23.7 Å². The molecule has 0 saturated heterocycles. The summed E-state index contributed by atoms with van der Waals surface area (Å²) in [5.74, 6) is -0.290. The fraction of sp³-hybridized carbons (Fsp3) is 0.304. The van der Waals surface area contributed by atoms with Crippen LogP contribution in [0.1, 0.15) is 53.0 Å². The summed E-state index contributed by atoms with van der Waals surface area (Å²) in [5.41, 5.74) is 3.68. The van der Waals surface area contributed by atoms with Gasteiger partial charge in [0.1, 0.15) is 0 Å². The Balaban J connectivity index is 1.52. The molecule has 0 bridgehead atoms. The lowest BCUT2D eigenvalue weighted by molar-refractivity contribution is 0.0932. The summed E-state index contributed by atoms with van der Waals surface area (Å²) in [4.78, 5) is 13.0. The number of carbonyl (C=O) groups is 1. The molecular formula is C23H26N4O3S. The molecule has 4 rings (SSSR count). The van der Waals surface area contributed by atoms with Crippen LogP contribution in [0, 0.1) is 0 Å². The Kier molecular flexibility index (Phi) is 6.20. The molecular weight excluding hydrogens is 412 g/mol. The first kappa shape index (κ1) is 21.3. The Hall–Kier alpha value is -2.97. The van der Waals surface area contributed by atoms with Crippen molar-refractivity contribution in [3.05, 3.63) is 83.2 Å². The van der Waals surface area contributed by atoms with Crippen LogP contribution in [-0.4, -0.2) is 30.7 Å². The van der Waals surface area contributed by atoms with Gasteiger partial charge in [-0.25, -0.2) is 13.1 Å². The molecule has 1 amide bonds. The summed E-state index contributed by atoms with van der Waals surface area (Å²) < 4.78 is 29.0. The van der Waals surface area contributed by atoms with Gasteiger partial charge in [-0.15, -0.1) is 0 Å². The maximum absolute atomic E-state index is 12.9. The summed E-state index contributed by atoms with van der Waals surface area (Å²) in [6.45, 7) is 2.70. The van der Waals surface area contributed by atoms with E-state index in [9.17, 15) is 13.2 Å². The first-order valence-corrected chi connectivity index (χ1v) is 12.0. The summed E-state index contributed by atoms with van der Waals surface area (Å²) in [5, 5.41) is 7.64. The van der Waals surface area contributed by atoms with E-state index in [2.05, 4.69) is 27.3 Å². The summed E-state index contributed by atoms with van der Waals surface area (Å²) in [7, 11) is -3.62. The lowest BCUT2D eigenvalue weighted by atomic mass is 9.92. The van der Waals surface area contributed by atoms with Gasteiger partial charge in [-0.2, -0.15) is 5.10 Å². The van der Waals surface area contributed by atoms with Crippen LogP contribution in [0.3, 0.4) is 0 Å². The van der Waals surface area contributed by atoms with E-state index in [1.165, 1.54) is 17.7 Å². The first-order chi connectivity index (χ1) is 15.0. The predicted octanol–water partition coefficient (Wildman–Crippen LogP) is 3.04. The van der Waals surface area contributed by atoms with Crippen LogP contribution in [-0.2, 0) is 23.0 Å². The van der Waals surface area contributed by atoms with Crippen molar-refractivity contribution < 1.29 is 13.2 Å². The fourth-order valence-electron chi connectivity index (χ4n) is 3.98. The van der Waals surface area contributed by atoms with Crippen molar-refractivity contribution in [1.29, 1.82) is 0 Å². The number of sulfonamides is 1. The number of carbonyl (C=O) groups excluding carboxylic acids is 1. The molecule has 0 spiro atoms. The minimum Gasteiger partial charge on any atom is -0.345 e. The van der Waals surface area contributed by atoms with E-state index in [4.69, 9.17) is 0 Å². The smallest absolute Gasteiger partial charge is 0.251 e. The lowest BCUT2D eigenvalue weighted by Crippen LogP contribution is -2.31. The van der Waals surface area contributed by atoms with Crippen LogP contribution in [0.4, 0.5) is 0 Å². The standard InChI is InChI=1S/C23H26N4O3S/c1-2-25-31(29,30)19-11-6-10-18(14-19)23(28)26-21-12-7-13-22-20(21)15-24-27(22)16-17-8-4-3-5-9-17/h3-6,8-11,14-15,21,25H,2,7,12-13,16H2,1H3,(H,26,28). The molecule has 1 unspecified atom stereocenters. The zero-order chi connectivity index (χ0) is 21.8. The van der Waals surface area contributed by atoms with E-state index in [1.54, 1.807) is 19.1 Å². The molecule has 1 aromatic heterocycles. The Labute approximate surface area is 182 Å². The van der Waals surface area contributed by atoms with Crippen molar-refractivity contribution >= 4 is 15.9 Å². The number of rotatable bonds is 7. The van der Waals surface area contributed by atoms with E-state index < -0.39 is 10.0 Å². The second-order valence-electron chi connectivity index (χ2n) is 7.64. The minimum absolute atomic E-state index is 0.0852. The summed E-state index contributed by atoms with van der Waals surface area (Å²) in [6.07, 6.45) is 4.54. The molecule has 0 saturated carbocycles. The predicted molar refractivity (Wildman–Crippen MR) is 118 cm³/mol. The molecule has 1 heterocycles. The van der Waals surface area contributed by atoms with Gasteiger partial charge in [0.2, 0.25) is 10.0 Å². The number of aromatic nitrogens is 2. The van der Waals surface area contributed by atoms with Gasteiger partial charge in [0, 0.05) is 23.4 Å². The van der Waals surface area contributed by atoms with Crippen molar-refractivity contribution in [1.82, 2.24) is 19.8 Å². The molecule has 1 aliphatic carbocycles. The molecule has 2 aromatic carbocycles. The normalized spacial score (nSPS) is 16.0. The average Bonchev–Trinajstić information content (AvgIpc) is 3.18. The minimum atomic E-state index is -3.62. The van der Waals surface area contributed by atoms with Gasteiger partial charge in [-0.05, 0) is 43.0 Å². The van der Waals surface area contributed by atoms with Crippen molar-refractivity contribution in [3.63, 3.8) is 0 Å². The average molecular weight is 439 g/mol. The maximum Gasteiger partial charge on any atom is 0.251 e. The van der Waals surface area contributed by atoms with Gasteiger partial charge in [-0.1, -0.05) is 43.3 Å². The lowest BCUT2D eigenvalue weighted by Gasteiger charge is -2.24. The second kappa shape index (κ2) is 9.03. The number of amides is 1. The highest BCUT2D eigenvalue weighted by atomic mass is 32.2. The third kappa shape index (κ3) is 4.70. The van der Waals surface area contributed by atoms with Crippen molar-refractivity contribution in [2.45, 2.75) is 43.7 Å². The highest BCUT2D eigenvalue weighted by Crippen LogP contribution is 2.30. The number of fused-ring (bicyclic) bond motifs is 1. The molecule has 0 fully saturated rings. The Morgan fingerprint density at radius 2 is 1.97 bits per heavy atom. The van der Waals surface area contributed by atoms with Gasteiger partial charge >= 0.3 is 0 Å². The molecule has 162 valence electrons. The first-order valence-electron chi connectivity index (χ1n) is 10.5. The highest BCUT2D eigenvalue weighted by Gasteiger charge is 2.26. The molecule has 2 N–H and O–H groups in total. The zero-order valence-corrected chi connectivity index (χ0v) is 18.2.